The van der Waals surface area contributed by atoms with Gasteiger partial charge in [0.1, 0.15) is 5.76 Å². The predicted molar refractivity (Wildman–Crippen MR) is 88.4 cm³/mol. The van der Waals surface area contributed by atoms with Crippen LogP contribution in [0.4, 0.5) is 5.69 Å². The van der Waals surface area contributed by atoms with Crippen LogP contribution in [0.1, 0.15) is 18.6 Å². The van der Waals surface area contributed by atoms with Gasteiger partial charge in [-0.2, -0.15) is 0 Å². The number of piperidine rings is 1. The normalized spacial score (nSPS) is 25.8. The first kappa shape index (κ1) is 14.7. The molecule has 2 aliphatic heterocycles. The summed E-state index contributed by atoms with van der Waals surface area (Å²) < 4.78 is 11.8. The molecule has 23 heavy (non-hydrogen) atoms. The van der Waals surface area contributed by atoms with Crippen LogP contribution < -0.4 is 4.90 Å². The number of ether oxygens (including phenoxy) is 1. The second-order valence-corrected chi connectivity index (χ2v) is 6.56. The van der Waals surface area contributed by atoms with Gasteiger partial charge in [-0.05, 0) is 37.1 Å². The lowest BCUT2D eigenvalue weighted by Gasteiger charge is -2.48. The summed E-state index contributed by atoms with van der Waals surface area (Å²) in [6.45, 7) is 5.61. The Kier molecular flexibility index (Phi) is 4.06. The standard InChI is InChI=1S/C18H23N3O2/c1-4-16(12-19-7-1)21-8-3-6-18(15-21)14-20(9-11-23-18)13-17-5-2-10-22-17/h1-2,4-5,7,10,12H,3,6,8-9,11,13-15H2/t18-/m1/s1. The fraction of sp³-hybridized carbons (Fsp3) is 0.500. The van der Waals surface area contributed by atoms with Gasteiger partial charge in [-0.1, -0.05) is 0 Å². The molecule has 2 aromatic rings. The van der Waals surface area contributed by atoms with E-state index in [9.17, 15) is 0 Å². The van der Waals surface area contributed by atoms with Gasteiger partial charge in [0.2, 0.25) is 0 Å². The highest BCUT2D eigenvalue weighted by Crippen LogP contribution is 2.31. The Balaban J connectivity index is 1.46. The maximum atomic E-state index is 6.27. The molecule has 2 aliphatic rings. The van der Waals surface area contributed by atoms with Crippen molar-refractivity contribution in [1.29, 1.82) is 0 Å². The molecule has 122 valence electrons. The number of nitrogens with zero attached hydrogens (tertiary/aromatic N) is 3. The maximum absolute atomic E-state index is 6.27. The minimum Gasteiger partial charge on any atom is -0.468 e. The molecule has 0 aliphatic carbocycles. The SMILES string of the molecule is c1cncc(N2CCC[C@@]3(CN(Cc4ccco4)CCO3)C2)c1. The van der Waals surface area contributed by atoms with E-state index in [1.54, 1.807) is 6.26 Å². The van der Waals surface area contributed by atoms with E-state index in [2.05, 4.69) is 20.9 Å². The van der Waals surface area contributed by atoms with Crippen molar-refractivity contribution in [2.75, 3.05) is 37.7 Å². The third-order valence-electron chi connectivity index (χ3n) is 4.84. The predicted octanol–water partition coefficient (Wildman–Crippen LogP) is 2.55. The zero-order chi connectivity index (χ0) is 15.5. The van der Waals surface area contributed by atoms with Gasteiger partial charge in [-0.25, -0.2) is 0 Å². The minimum atomic E-state index is -0.0705. The van der Waals surface area contributed by atoms with Crippen molar-refractivity contribution in [3.63, 3.8) is 0 Å². The first-order valence-corrected chi connectivity index (χ1v) is 8.37. The summed E-state index contributed by atoms with van der Waals surface area (Å²) >= 11 is 0. The number of hydrogen-bond acceptors (Lipinski definition) is 5. The Labute approximate surface area is 136 Å². The zero-order valence-electron chi connectivity index (χ0n) is 13.4. The van der Waals surface area contributed by atoms with Crippen LogP contribution in [-0.4, -0.2) is 48.3 Å². The van der Waals surface area contributed by atoms with Gasteiger partial charge in [-0.15, -0.1) is 0 Å². The average molecular weight is 313 g/mol. The lowest BCUT2D eigenvalue weighted by Crippen LogP contribution is -2.59. The van der Waals surface area contributed by atoms with Crippen molar-refractivity contribution >= 4 is 5.69 Å². The first-order chi connectivity index (χ1) is 11.3. The number of anilines is 1. The van der Waals surface area contributed by atoms with E-state index in [-0.39, 0.29) is 5.60 Å². The van der Waals surface area contributed by atoms with Crippen LogP contribution >= 0.6 is 0 Å². The molecule has 0 unspecified atom stereocenters. The van der Waals surface area contributed by atoms with Crippen molar-refractivity contribution < 1.29 is 9.15 Å². The van der Waals surface area contributed by atoms with E-state index in [1.807, 2.05) is 30.6 Å². The van der Waals surface area contributed by atoms with E-state index in [0.717, 1.165) is 57.9 Å². The van der Waals surface area contributed by atoms with Crippen molar-refractivity contribution in [1.82, 2.24) is 9.88 Å². The third kappa shape index (κ3) is 3.26. The Bertz CT molecular complexity index is 612. The quantitative estimate of drug-likeness (QED) is 0.871. The van der Waals surface area contributed by atoms with Crippen LogP contribution in [0.2, 0.25) is 0 Å². The molecule has 0 aromatic carbocycles. The largest absolute Gasteiger partial charge is 0.468 e. The van der Waals surface area contributed by atoms with Gasteiger partial charge in [0, 0.05) is 32.4 Å². The van der Waals surface area contributed by atoms with Crippen LogP contribution in [0.15, 0.2) is 47.3 Å². The zero-order valence-corrected chi connectivity index (χ0v) is 13.4. The van der Waals surface area contributed by atoms with Gasteiger partial charge in [-0.3, -0.25) is 9.88 Å². The molecule has 0 saturated carbocycles. The molecule has 0 amide bonds. The molecular formula is C18H23N3O2. The lowest BCUT2D eigenvalue weighted by molar-refractivity contribution is -0.117. The second-order valence-electron chi connectivity index (χ2n) is 6.56. The molecule has 0 N–H and O–H groups in total. The van der Waals surface area contributed by atoms with Crippen molar-refractivity contribution in [2.24, 2.45) is 0 Å². The molecular weight excluding hydrogens is 290 g/mol. The van der Waals surface area contributed by atoms with E-state index >= 15 is 0 Å². The van der Waals surface area contributed by atoms with Crippen LogP contribution in [0.5, 0.6) is 0 Å². The molecule has 1 atom stereocenters. The molecule has 2 aromatic heterocycles. The Morgan fingerprint density at radius 1 is 1.17 bits per heavy atom. The smallest absolute Gasteiger partial charge is 0.117 e. The molecule has 1 spiro atoms. The highest BCUT2D eigenvalue weighted by Gasteiger charge is 2.40. The van der Waals surface area contributed by atoms with E-state index in [1.165, 1.54) is 5.69 Å². The van der Waals surface area contributed by atoms with Gasteiger partial charge in [0.25, 0.3) is 0 Å². The molecule has 4 rings (SSSR count). The summed E-state index contributed by atoms with van der Waals surface area (Å²) in [7, 11) is 0. The highest BCUT2D eigenvalue weighted by molar-refractivity contribution is 5.44. The van der Waals surface area contributed by atoms with Crippen molar-refractivity contribution in [3.05, 3.63) is 48.7 Å². The summed E-state index contributed by atoms with van der Waals surface area (Å²) in [6, 6.07) is 8.14. The Hall–Kier alpha value is -1.85. The van der Waals surface area contributed by atoms with Crippen LogP contribution in [0, 0.1) is 0 Å². The maximum Gasteiger partial charge on any atom is 0.117 e. The average Bonchev–Trinajstić information content (AvgIpc) is 3.09. The molecule has 2 saturated heterocycles. The summed E-state index contributed by atoms with van der Waals surface area (Å²) in [6.07, 6.45) is 7.80. The second kappa shape index (κ2) is 6.34. The number of rotatable bonds is 3. The molecule has 2 fully saturated rings. The number of morpholine rings is 1. The van der Waals surface area contributed by atoms with Gasteiger partial charge in [0.15, 0.2) is 0 Å². The fourth-order valence-corrected chi connectivity index (χ4v) is 3.79. The summed E-state index contributed by atoms with van der Waals surface area (Å²) in [5, 5.41) is 0. The molecule has 5 nitrogen and oxygen atoms in total. The minimum absolute atomic E-state index is 0.0705. The van der Waals surface area contributed by atoms with E-state index in [4.69, 9.17) is 9.15 Å². The Morgan fingerprint density at radius 3 is 3.00 bits per heavy atom. The topological polar surface area (TPSA) is 41.7 Å². The van der Waals surface area contributed by atoms with E-state index in [0.29, 0.717) is 0 Å². The van der Waals surface area contributed by atoms with Gasteiger partial charge in [0.05, 0.1) is 36.9 Å². The van der Waals surface area contributed by atoms with Crippen molar-refractivity contribution in [3.8, 4) is 0 Å². The lowest BCUT2D eigenvalue weighted by atomic mass is 9.90. The van der Waals surface area contributed by atoms with Crippen LogP contribution in [0.3, 0.4) is 0 Å². The molecule has 4 heterocycles. The molecule has 5 heteroatoms. The number of furan rings is 1. The number of pyridine rings is 1. The third-order valence-corrected chi connectivity index (χ3v) is 4.84. The summed E-state index contributed by atoms with van der Waals surface area (Å²) in [5.41, 5.74) is 1.12. The van der Waals surface area contributed by atoms with Gasteiger partial charge >= 0.3 is 0 Å². The monoisotopic (exact) mass is 313 g/mol. The fourth-order valence-electron chi connectivity index (χ4n) is 3.79. The summed E-state index contributed by atoms with van der Waals surface area (Å²) in [4.78, 5) is 9.12. The van der Waals surface area contributed by atoms with Crippen molar-refractivity contribution in [2.45, 2.75) is 25.0 Å². The molecule has 0 radical (unpaired) electrons. The summed E-state index contributed by atoms with van der Waals surface area (Å²) in [5.74, 6) is 1.03. The van der Waals surface area contributed by atoms with Crippen LogP contribution in [-0.2, 0) is 11.3 Å². The Morgan fingerprint density at radius 2 is 2.17 bits per heavy atom. The van der Waals surface area contributed by atoms with E-state index < -0.39 is 0 Å². The number of hydrogen-bond donors (Lipinski definition) is 0. The molecule has 0 bridgehead atoms. The highest BCUT2D eigenvalue weighted by atomic mass is 16.5. The van der Waals surface area contributed by atoms with Crippen LogP contribution in [0.25, 0.3) is 0 Å². The number of aromatic nitrogens is 1. The first-order valence-electron chi connectivity index (χ1n) is 8.37. The van der Waals surface area contributed by atoms with Gasteiger partial charge < -0.3 is 14.1 Å².